The van der Waals surface area contributed by atoms with Crippen LogP contribution in [0.25, 0.3) is 0 Å². The minimum atomic E-state index is 0.0491. The van der Waals surface area contributed by atoms with E-state index >= 15 is 0 Å². The number of aromatic nitrogens is 2. The Bertz CT molecular complexity index is 602. The molecule has 0 saturated carbocycles. The van der Waals surface area contributed by atoms with E-state index in [1.807, 2.05) is 11.7 Å². The van der Waals surface area contributed by atoms with Crippen LogP contribution in [0.15, 0.2) is 24.4 Å². The zero-order valence-electron chi connectivity index (χ0n) is 12.7. The molecule has 1 heterocycles. The number of hydrogen-bond acceptors (Lipinski definition) is 2. The molecule has 20 heavy (non-hydrogen) atoms. The standard InChI is InChI=1S/C16H22ClN3/c1-10(2)20-16(14(17)9-19-20)15(18-5)13-7-6-11(3)8-12(13)4/h6-10,15,18H,1-5H3. The smallest absolute Gasteiger partial charge is 0.0837 e. The fourth-order valence-electron chi connectivity index (χ4n) is 2.62. The summed E-state index contributed by atoms with van der Waals surface area (Å²) in [6, 6.07) is 6.83. The maximum atomic E-state index is 6.37. The van der Waals surface area contributed by atoms with Crippen LogP contribution in [0.4, 0.5) is 0 Å². The van der Waals surface area contributed by atoms with E-state index in [0.717, 1.165) is 5.69 Å². The van der Waals surface area contributed by atoms with Gasteiger partial charge in [0.1, 0.15) is 0 Å². The highest BCUT2D eigenvalue weighted by atomic mass is 35.5. The van der Waals surface area contributed by atoms with Crippen LogP contribution >= 0.6 is 11.6 Å². The highest BCUT2D eigenvalue weighted by Gasteiger charge is 2.23. The second kappa shape index (κ2) is 5.98. The molecule has 0 spiro atoms. The summed E-state index contributed by atoms with van der Waals surface area (Å²) >= 11 is 6.37. The number of aryl methyl sites for hydroxylation is 2. The topological polar surface area (TPSA) is 29.9 Å². The average molecular weight is 292 g/mol. The maximum Gasteiger partial charge on any atom is 0.0837 e. The Hall–Kier alpha value is -1.32. The predicted molar refractivity (Wildman–Crippen MR) is 84.4 cm³/mol. The van der Waals surface area contributed by atoms with Crippen molar-refractivity contribution in [3.05, 3.63) is 51.8 Å². The molecule has 108 valence electrons. The number of nitrogens with one attached hydrogen (secondary N) is 1. The quantitative estimate of drug-likeness (QED) is 0.921. The Labute approximate surface area is 126 Å². The fraction of sp³-hybridized carbons (Fsp3) is 0.438. The summed E-state index contributed by atoms with van der Waals surface area (Å²) in [5.74, 6) is 0. The monoisotopic (exact) mass is 291 g/mol. The van der Waals surface area contributed by atoms with E-state index in [-0.39, 0.29) is 12.1 Å². The van der Waals surface area contributed by atoms with Crippen molar-refractivity contribution in [3.8, 4) is 0 Å². The molecule has 1 aromatic heterocycles. The zero-order chi connectivity index (χ0) is 14.9. The van der Waals surface area contributed by atoms with Gasteiger partial charge in [0.25, 0.3) is 0 Å². The van der Waals surface area contributed by atoms with E-state index in [4.69, 9.17) is 11.6 Å². The van der Waals surface area contributed by atoms with Gasteiger partial charge in [0.2, 0.25) is 0 Å². The van der Waals surface area contributed by atoms with Gasteiger partial charge in [-0.15, -0.1) is 0 Å². The number of hydrogen-bond donors (Lipinski definition) is 1. The molecule has 0 fully saturated rings. The predicted octanol–water partition coefficient (Wildman–Crippen LogP) is 4.04. The van der Waals surface area contributed by atoms with E-state index < -0.39 is 0 Å². The zero-order valence-corrected chi connectivity index (χ0v) is 13.5. The van der Waals surface area contributed by atoms with Crippen LogP contribution in [-0.4, -0.2) is 16.8 Å². The van der Waals surface area contributed by atoms with Crippen molar-refractivity contribution in [1.29, 1.82) is 0 Å². The number of nitrogens with zero attached hydrogens (tertiary/aromatic N) is 2. The van der Waals surface area contributed by atoms with E-state index in [9.17, 15) is 0 Å². The van der Waals surface area contributed by atoms with Crippen molar-refractivity contribution in [2.24, 2.45) is 0 Å². The number of benzene rings is 1. The fourth-order valence-corrected chi connectivity index (χ4v) is 2.86. The normalized spacial score (nSPS) is 12.9. The molecule has 3 nitrogen and oxygen atoms in total. The number of rotatable bonds is 4. The van der Waals surface area contributed by atoms with Gasteiger partial charge in [-0.05, 0) is 45.9 Å². The van der Waals surface area contributed by atoms with Crippen molar-refractivity contribution in [3.63, 3.8) is 0 Å². The van der Waals surface area contributed by atoms with Crippen molar-refractivity contribution in [2.75, 3.05) is 7.05 Å². The second-order valence-corrected chi connectivity index (χ2v) is 5.90. The Kier molecular flexibility index (Phi) is 4.51. The molecular formula is C16H22ClN3. The Morgan fingerprint density at radius 2 is 1.95 bits per heavy atom. The van der Waals surface area contributed by atoms with E-state index in [1.54, 1.807) is 6.20 Å². The summed E-state index contributed by atoms with van der Waals surface area (Å²) in [7, 11) is 1.96. The van der Waals surface area contributed by atoms with Crippen molar-refractivity contribution >= 4 is 11.6 Å². The molecule has 2 aromatic rings. The van der Waals surface area contributed by atoms with Gasteiger partial charge in [0, 0.05) is 6.04 Å². The lowest BCUT2D eigenvalue weighted by Gasteiger charge is -2.22. The molecule has 0 aliphatic heterocycles. The first kappa shape index (κ1) is 15.1. The van der Waals surface area contributed by atoms with E-state index in [0.29, 0.717) is 5.02 Å². The minimum absolute atomic E-state index is 0.0491. The Balaban J connectivity index is 2.55. The summed E-state index contributed by atoms with van der Waals surface area (Å²) in [6.07, 6.45) is 1.73. The molecule has 0 radical (unpaired) electrons. The van der Waals surface area contributed by atoms with Crippen molar-refractivity contribution in [2.45, 2.75) is 39.8 Å². The third-order valence-corrected chi connectivity index (χ3v) is 3.87. The first-order chi connectivity index (χ1) is 9.45. The van der Waals surface area contributed by atoms with Crippen LogP contribution in [0.3, 0.4) is 0 Å². The number of halogens is 1. The van der Waals surface area contributed by atoms with Gasteiger partial charge in [-0.1, -0.05) is 35.4 Å². The molecule has 0 bridgehead atoms. The molecule has 4 heteroatoms. The van der Waals surface area contributed by atoms with Gasteiger partial charge < -0.3 is 5.32 Å². The summed E-state index contributed by atoms with van der Waals surface area (Å²) in [5.41, 5.74) is 4.79. The van der Waals surface area contributed by atoms with E-state index in [1.165, 1.54) is 16.7 Å². The molecular weight excluding hydrogens is 270 g/mol. The molecule has 0 aliphatic rings. The Morgan fingerprint density at radius 1 is 1.25 bits per heavy atom. The lowest BCUT2D eigenvalue weighted by molar-refractivity contribution is 0.483. The third kappa shape index (κ3) is 2.74. The van der Waals surface area contributed by atoms with Crippen LogP contribution in [0, 0.1) is 13.8 Å². The van der Waals surface area contributed by atoms with Crippen LogP contribution in [-0.2, 0) is 0 Å². The summed E-state index contributed by atoms with van der Waals surface area (Å²) < 4.78 is 1.99. The molecule has 1 atom stereocenters. The Morgan fingerprint density at radius 3 is 2.50 bits per heavy atom. The van der Waals surface area contributed by atoms with Gasteiger partial charge in [-0.25, -0.2) is 0 Å². The molecule has 0 saturated heterocycles. The lowest BCUT2D eigenvalue weighted by Crippen LogP contribution is -2.23. The van der Waals surface area contributed by atoms with Gasteiger partial charge in [0.05, 0.1) is 23.0 Å². The molecule has 0 amide bonds. The average Bonchev–Trinajstić information content (AvgIpc) is 2.75. The maximum absolute atomic E-state index is 6.37. The summed E-state index contributed by atoms with van der Waals surface area (Å²) in [5, 5.41) is 8.48. The highest BCUT2D eigenvalue weighted by molar-refractivity contribution is 6.31. The van der Waals surface area contributed by atoms with Gasteiger partial charge in [-0.2, -0.15) is 5.10 Å². The molecule has 2 rings (SSSR count). The van der Waals surface area contributed by atoms with Gasteiger partial charge in [-0.3, -0.25) is 4.68 Å². The largest absolute Gasteiger partial charge is 0.308 e. The second-order valence-electron chi connectivity index (χ2n) is 5.50. The van der Waals surface area contributed by atoms with Crippen LogP contribution in [0.2, 0.25) is 5.02 Å². The third-order valence-electron chi connectivity index (χ3n) is 3.57. The summed E-state index contributed by atoms with van der Waals surface area (Å²) in [4.78, 5) is 0. The molecule has 1 N–H and O–H groups in total. The van der Waals surface area contributed by atoms with Crippen LogP contribution < -0.4 is 5.32 Å². The van der Waals surface area contributed by atoms with Crippen molar-refractivity contribution < 1.29 is 0 Å². The van der Waals surface area contributed by atoms with Gasteiger partial charge in [0.15, 0.2) is 0 Å². The first-order valence-corrected chi connectivity index (χ1v) is 7.30. The first-order valence-electron chi connectivity index (χ1n) is 6.93. The SMILES string of the molecule is CNC(c1ccc(C)cc1C)c1c(Cl)cnn1C(C)C. The highest BCUT2D eigenvalue weighted by Crippen LogP contribution is 2.31. The molecule has 0 aliphatic carbocycles. The molecule has 1 aromatic carbocycles. The van der Waals surface area contributed by atoms with E-state index in [2.05, 4.69) is 56.3 Å². The summed E-state index contributed by atoms with van der Waals surface area (Å²) in [6.45, 7) is 8.47. The van der Waals surface area contributed by atoms with Crippen LogP contribution in [0.5, 0.6) is 0 Å². The van der Waals surface area contributed by atoms with Crippen molar-refractivity contribution in [1.82, 2.24) is 15.1 Å². The minimum Gasteiger partial charge on any atom is -0.308 e. The van der Waals surface area contributed by atoms with Gasteiger partial charge >= 0.3 is 0 Å². The lowest BCUT2D eigenvalue weighted by atomic mass is 9.97. The molecule has 1 unspecified atom stereocenters. The van der Waals surface area contributed by atoms with Crippen LogP contribution in [0.1, 0.15) is 48.3 Å².